The molecule has 38 valence electrons. The monoisotopic (exact) mass is 336 g/mol. The molecule has 0 radical (unpaired) electrons. The molecule has 0 unspecified atom stereocenters. The second-order valence-corrected chi connectivity index (χ2v) is 5.92. The molecule has 0 aromatic carbocycles. The first-order valence-corrected chi connectivity index (χ1v) is 4.67. The van der Waals surface area contributed by atoms with Crippen LogP contribution in [0.4, 0.5) is 0 Å². The first kappa shape index (κ1) is 6.28. The summed E-state index contributed by atoms with van der Waals surface area (Å²) in [5.74, 6) is 0. The van der Waals surface area contributed by atoms with Crippen LogP contribution in [-0.4, -0.2) is 0 Å². The lowest BCUT2D eigenvalue weighted by atomic mass is 10.7. The van der Waals surface area contributed by atoms with Gasteiger partial charge >= 0.3 is 0 Å². The Morgan fingerprint density at radius 3 is 1.71 bits per heavy atom. The van der Waals surface area contributed by atoms with Crippen LogP contribution in [0, 0.1) is 5.77 Å². The van der Waals surface area contributed by atoms with E-state index in [1.165, 1.54) is 5.77 Å². The molecule has 0 N–H and O–H groups in total. The molecule has 1 heterocycles. The highest BCUT2D eigenvalue weighted by Crippen LogP contribution is 2.18. The van der Waals surface area contributed by atoms with Crippen molar-refractivity contribution in [2.45, 2.75) is 0 Å². The molecule has 0 amide bonds. The topological polar surface area (TPSA) is 0 Å². The Kier molecular flexibility index (Phi) is 2.36. The van der Waals surface area contributed by atoms with Crippen molar-refractivity contribution in [2.75, 3.05) is 0 Å². The van der Waals surface area contributed by atoms with Crippen molar-refractivity contribution in [2.24, 2.45) is 0 Å². The van der Waals surface area contributed by atoms with Gasteiger partial charge in [-0.25, -0.2) is 0 Å². The van der Waals surface area contributed by atoms with Gasteiger partial charge in [0, 0.05) is 0 Å². The van der Waals surface area contributed by atoms with Gasteiger partial charge in [0.25, 0.3) is 0 Å². The molecule has 0 saturated carbocycles. The number of rotatable bonds is 0. The van der Waals surface area contributed by atoms with Crippen molar-refractivity contribution in [3.05, 3.63) is 17.9 Å². The SMILES string of the molecule is Ic1ccc(I)s1. The van der Waals surface area contributed by atoms with Crippen LogP contribution in [0.3, 0.4) is 0 Å². The summed E-state index contributed by atoms with van der Waals surface area (Å²) in [6.07, 6.45) is 0. The fraction of sp³-hybridized carbons (Fsp3) is 0. The third-order valence-electron chi connectivity index (χ3n) is 0.540. The molecule has 0 atom stereocenters. The van der Waals surface area contributed by atoms with Crippen LogP contribution in [0.1, 0.15) is 0 Å². The molecule has 0 aliphatic heterocycles. The molecule has 1 aromatic rings. The summed E-state index contributed by atoms with van der Waals surface area (Å²) in [5, 5.41) is 0. The van der Waals surface area contributed by atoms with Gasteiger partial charge in [0.15, 0.2) is 0 Å². The van der Waals surface area contributed by atoms with Crippen molar-refractivity contribution in [3.8, 4) is 0 Å². The largest absolute Gasteiger partial charge is 0.123 e. The summed E-state index contributed by atoms with van der Waals surface area (Å²) in [6.45, 7) is 0. The van der Waals surface area contributed by atoms with Gasteiger partial charge in [0.2, 0.25) is 0 Å². The molecule has 0 aliphatic rings. The van der Waals surface area contributed by atoms with Crippen LogP contribution in [0.25, 0.3) is 0 Å². The third-order valence-corrected chi connectivity index (χ3v) is 3.24. The minimum Gasteiger partial charge on any atom is -0.123 e. The maximum atomic E-state index is 2.31. The molecule has 0 nitrogen and oxygen atoms in total. The maximum Gasteiger partial charge on any atom is 0.0664 e. The van der Waals surface area contributed by atoms with Gasteiger partial charge in [0.1, 0.15) is 0 Å². The van der Waals surface area contributed by atoms with Crippen molar-refractivity contribution in [1.29, 1.82) is 0 Å². The molecule has 7 heavy (non-hydrogen) atoms. The zero-order valence-electron chi connectivity index (χ0n) is 3.32. The second kappa shape index (κ2) is 2.63. The Balaban J connectivity index is 3.04. The van der Waals surface area contributed by atoms with Crippen LogP contribution >= 0.6 is 56.5 Å². The first-order valence-electron chi connectivity index (χ1n) is 1.70. The summed E-state index contributed by atoms with van der Waals surface area (Å²) < 4.78 is 2.73. The van der Waals surface area contributed by atoms with E-state index in [0.29, 0.717) is 0 Å². The predicted octanol–water partition coefficient (Wildman–Crippen LogP) is 2.96. The summed E-state index contributed by atoms with van der Waals surface area (Å²) in [7, 11) is 0. The number of hydrogen-bond acceptors (Lipinski definition) is 1. The molecule has 0 aliphatic carbocycles. The lowest BCUT2D eigenvalue weighted by molar-refractivity contribution is 1.93. The highest BCUT2D eigenvalue weighted by atomic mass is 127. The zero-order valence-corrected chi connectivity index (χ0v) is 8.45. The quantitative estimate of drug-likeness (QED) is 0.639. The maximum absolute atomic E-state index is 2.31. The third kappa shape index (κ3) is 1.85. The average Bonchev–Trinajstić information content (AvgIpc) is 1.87. The normalized spacial score (nSPS) is 9.43. The molecule has 0 bridgehead atoms. The smallest absolute Gasteiger partial charge is 0.0664 e. The Morgan fingerprint density at radius 2 is 1.57 bits per heavy atom. The van der Waals surface area contributed by atoms with E-state index >= 15 is 0 Å². The fourth-order valence-corrected chi connectivity index (χ4v) is 3.80. The zero-order chi connectivity index (χ0) is 5.28. The van der Waals surface area contributed by atoms with Crippen LogP contribution in [0.5, 0.6) is 0 Å². The molecule has 3 heteroatoms. The number of thiophene rings is 1. The van der Waals surface area contributed by atoms with Gasteiger partial charge in [-0.15, -0.1) is 11.3 Å². The van der Waals surface area contributed by atoms with E-state index in [1.807, 2.05) is 11.3 Å². The predicted molar refractivity (Wildman–Crippen MR) is 49.8 cm³/mol. The summed E-state index contributed by atoms with van der Waals surface area (Å²) in [6, 6.07) is 4.24. The van der Waals surface area contributed by atoms with E-state index in [1.54, 1.807) is 0 Å². The van der Waals surface area contributed by atoms with Crippen molar-refractivity contribution >= 4 is 56.5 Å². The summed E-state index contributed by atoms with van der Waals surface area (Å²) in [4.78, 5) is 0. The Labute approximate surface area is 73.6 Å². The highest BCUT2D eigenvalue weighted by molar-refractivity contribution is 14.1. The van der Waals surface area contributed by atoms with Gasteiger partial charge in [-0.05, 0) is 57.3 Å². The van der Waals surface area contributed by atoms with Gasteiger partial charge in [-0.1, -0.05) is 0 Å². The minimum atomic E-state index is 1.36. The number of hydrogen-bond donors (Lipinski definition) is 0. The molecular formula is C4H2I2S. The standard InChI is InChI=1S/C4H2I2S/c5-3-1-2-4(6)7-3/h1-2H. The molecular weight excluding hydrogens is 334 g/mol. The van der Waals surface area contributed by atoms with E-state index < -0.39 is 0 Å². The van der Waals surface area contributed by atoms with Gasteiger partial charge in [-0.2, -0.15) is 0 Å². The Bertz CT molecular complexity index is 142. The molecule has 0 fully saturated rings. The number of halogens is 2. The average molecular weight is 336 g/mol. The van der Waals surface area contributed by atoms with E-state index in [9.17, 15) is 0 Å². The molecule has 0 spiro atoms. The summed E-state index contributed by atoms with van der Waals surface area (Å²) >= 11 is 6.44. The Hall–Kier alpha value is 1.16. The molecule has 1 aromatic heterocycles. The lowest BCUT2D eigenvalue weighted by Crippen LogP contribution is -1.39. The van der Waals surface area contributed by atoms with Crippen molar-refractivity contribution < 1.29 is 0 Å². The van der Waals surface area contributed by atoms with E-state index in [4.69, 9.17) is 0 Å². The van der Waals surface area contributed by atoms with Gasteiger partial charge < -0.3 is 0 Å². The lowest BCUT2D eigenvalue weighted by Gasteiger charge is -1.67. The second-order valence-electron chi connectivity index (χ2n) is 1.04. The highest BCUT2D eigenvalue weighted by Gasteiger charge is 1.87. The van der Waals surface area contributed by atoms with E-state index in [-0.39, 0.29) is 0 Å². The van der Waals surface area contributed by atoms with E-state index in [2.05, 4.69) is 57.3 Å². The van der Waals surface area contributed by atoms with Gasteiger partial charge in [0.05, 0.1) is 5.77 Å². The summed E-state index contributed by atoms with van der Waals surface area (Å²) in [5.41, 5.74) is 0. The fourth-order valence-electron chi connectivity index (χ4n) is 0.292. The van der Waals surface area contributed by atoms with Crippen LogP contribution in [0.2, 0.25) is 0 Å². The van der Waals surface area contributed by atoms with Crippen molar-refractivity contribution in [3.63, 3.8) is 0 Å². The van der Waals surface area contributed by atoms with Crippen LogP contribution in [0.15, 0.2) is 12.1 Å². The molecule has 1 rings (SSSR count). The Morgan fingerprint density at radius 1 is 1.14 bits per heavy atom. The van der Waals surface area contributed by atoms with Crippen molar-refractivity contribution in [1.82, 2.24) is 0 Å². The van der Waals surface area contributed by atoms with Crippen LogP contribution < -0.4 is 0 Å². The minimum absolute atomic E-state index is 1.36. The van der Waals surface area contributed by atoms with Crippen LogP contribution in [-0.2, 0) is 0 Å². The first-order chi connectivity index (χ1) is 3.29. The molecule has 0 saturated heterocycles. The van der Waals surface area contributed by atoms with Gasteiger partial charge in [-0.3, -0.25) is 0 Å². The van der Waals surface area contributed by atoms with E-state index in [0.717, 1.165) is 0 Å².